The van der Waals surface area contributed by atoms with Crippen molar-refractivity contribution in [2.24, 2.45) is 11.1 Å². The van der Waals surface area contributed by atoms with Gasteiger partial charge in [-0.3, -0.25) is 0 Å². The molecular weight excluding hydrogens is 302 g/mol. The standard InChI is InChI=1S/C16H22BrNO/c1-16(2)9-11(7-14(18)10-16)6-12-8-13(17)4-5-15(12)19-3/h4-5,7-8,14H,6,9-10,18H2,1-3H3. The van der Waals surface area contributed by atoms with Crippen LogP contribution in [0.5, 0.6) is 5.75 Å². The largest absolute Gasteiger partial charge is 0.496 e. The van der Waals surface area contributed by atoms with E-state index in [0.717, 1.165) is 29.5 Å². The van der Waals surface area contributed by atoms with Crippen LogP contribution in [-0.4, -0.2) is 13.2 Å². The average molecular weight is 324 g/mol. The van der Waals surface area contributed by atoms with E-state index in [4.69, 9.17) is 10.5 Å². The van der Waals surface area contributed by atoms with Crippen LogP contribution in [0.4, 0.5) is 0 Å². The molecule has 0 amide bonds. The van der Waals surface area contributed by atoms with Crippen LogP contribution < -0.4 is 10.5 Å². The maximum atomic E-state index is 6.14. The van der Waals surface area contributed by atoms with Crippen LogP contribution in [0.1, 0.15) is 32.3 Å². The average Bonchev–Trinajstić information content (AvgIpc) is 2.26. The maximum Gasteiger partial charge on any atom is 0.122 e. The van der Waals surface area contributed by atoms with Gasteiger partial charge in [-0.25, -0.2) is 0 Å². The van der Waals surface area contributed by atoms with E-state index in [0.29, 0.717) is 5.41 Å². The van der Waals surface area contributed by atoms with Gasteiger partial charge in [-0.15, -0.1) is 0 Å². The fourth-order valence-corrected chi connectivity index (χ4v) is 3.41. The number of rotatable bonds is 3. The highest BCUT2D eigenvalue weighted by Gasteiger charge is 2.27. The Hall–Kier alpha value is -0.800. The predicted octanol–water partition coefficient (Wildman–Crippen LogP) is 4.07. The summed E-state index contributed by atoms with van der Waals surface area (Å²) in [4.78, 5) is 0. The topological polar surface area (TPSA) is 35.2 Å². The Morgan fingerprint density at radius 3 is 2.79 bits per heavy atom. The van der Waals surface area contributed by atoms with Crippen molar-refractivity contribution >= 4 is 15.9 Å². The molecule has 0 saturated carbocycles. The molecule has 0 fully saturated rings. The van der Waals surface area contributed by atoms with E-state index in [9.17, 15) is 0 Å². The zero-order valence-corrected chi connectivity index (χ0v) is 13.5. The second-order valence-electron chi connectivity index (χ2n) is 6.17. The summed E-state index contributed by atoms with van der Waals surface area (Å²) >= 11 is 3.52. The zero-order valence-electron chi connectivity index (χ0n) is 11.9. The molecular formula is C16H22BrNO. The van der Waals surface area contributed by atoms with E-state index in [1.54, 1.807) is 7.11 Å². The lowest BCUT2D eigenvalue weighted by Crippen LogP contribution is -2.31. The molecule has 2 rings (SSSR count). The van der Waals surface area contributed by atoms with Crippen LogP contribution in [0.2, 0.25) is 0 Å². The fourth-order valence-electron chi connectivity index (χ4n) is 3.00. The first-order valence-electron chi connectivity index (χ1n) is 6.67. The lowest BCUT2D eigenvalue weighted by Gasteiger charge is -2.33. The summed E-state index contributed by atoms with van der Waals surface area (Å²) in [7, 11) is 1.72. The summed E-state index contributed by atoms with van der Waals surface area (Å²) in [5.41, 5.74) is 9.06. The van der Waals surface area contributed by atoms with Crippen molar-refractivity contribution in [3.05, 3.63) is 39.9 Å². The van der Waals surface area contributed by atoms with Crippen molar-refractivity contribution in [2.75, 3.05) is 7.11 Å². The summed E-state index contributed by atoms with van der Waals surface area (Å²) in [6.45, 7) is 4.58. The molecule has 2 nitrogen and oxygen atoms in total. The molecule has 1 aliphatic rings. The highest BCUT2D eigenvalue weighted by molar-refractivity contribution is 9.10. The highest BCUT2D eigenvalue weighted by Crippen LogP contribution is 2.37. The van der Waals surface area contributed by atoms with Gasteiger partial charge in [0.1, 0.15) is 5.75 Å². The second-order valence-corrected chi connectivity index (χ2v) is 7.08. The Morgan fingerprint density at radius 1 is 1.42 bits per heavy atom. The van der Waals surface area contributed by atoms with Crippen LogP contribution >= 0.6 is 15.9 Å². The minimum atomic E-state index is 0.178. The van der Waals surface area contributed by atoms with E-state index < -0.39 is 0 Å². The third-order valence-corrected chi connectivity index (χ3v) is 4.10. The maximum absolute atomic E-state index is 6.14. The van der Waals surface area contributed by atoms with Gasteiger partial charge in [0.2, 0.25) is 0 Å². The van der Waals surface area contributed by atoms with Gasteiger partial charge in [-0.05, 0) is 48.4 Å². The minimum Gasteiger partial charge on any atom is -0.496 e. The molecule has 0 saturated heterocycles. The van der Waals surface area contributed by atoms with Crippen LogP contribution in [0.3, 0.4) is 0 Å². The zero-order chi connectivity index (χ0) is 14.0. The molecule has 0 spiro atoms. The molecule has 0 aromatic heterocycles. The van der Waals surface area contributed by atoms with Gasteiger partial charge in [0.25, 0.3) is 0 Å². The van der Waals surface area contributed by atoms with Gasteiger partial charge < -0.3 is 10.5 Å². The van der Waals surface area contributed by atoms with E-state index in [-0.39, 0.29) is 6.04 Å². The Kier molecular flexibility index (Phi) is 4.36. The van der Waals surface area contributed by atoms with Gasteiger partial charge in [0.15, 0.2) is 0 Å². The quantitative estimate of drug-likeness (QED) is 0.851. The molecule has 0 radical (unpaired) electrons. The fraction of sp³-hybridized carbons (Fsp3) is 0.500. The number of hydrogen-bond donors (Lipinski definition) is 1. The summed E-state index contributed by atoms with van der Waals surface area (Å²) < 4.78 is 6.53. The van der Waals surface area contributed by atoms with Gasteiger partial charge in [0, 0.05) is 10.5 Å². The molecule has 19 heavy (non-hydrogen) atoms. The van der Waals surface area contributed by atoms with E-state index in [1.807, 2.05) is 12.1 Å². The highest BCUT2D eigenvalue weighted by atomic mass is 79.9. The van der Waals surface area contributed by atoms with Gasteiger partial charge in [0.05, 0.1) is 7.11 Å². The third-order valence-electron chi connectivity index (χ3n) is 3.60. The molecule has 0 aliphatic heterocycles. The molecule has 1 aromatic rings. The van der Waals surface area contributed by atoms with Crippen molar-refractivity contribution in [3.63, 3.8) is 0 Å². The number of nitrogens with two attached hydrogens (primary N) is 1. The summed E-state index contributed by atoms with van der Waals surface area (Å²) in [5.74, 6) is 0.945. The first-order valence-corrected chi connectivity index (χ1v) is 7.46. The minimum absolute atomic E-state index is 0.178. The van der Waals surface area contributed by atoms with Crippen molar-refractivity contribution in [3.8, 4) is 5.75 Å². The number of halogens is 1. The van der Waals surface area contributed by atoms with Crippen molar-refractivity contribution < 1.29 is 4.74 Å². The smallest absolute Gasteiger partial charge is 0.122 e. The monoisotopic (exact) mass is 323 g/mol. The van der Waals surface area contributed by atoms with Crippen molar-refractivity contribution in [2.45, 2.75) is 39.2 Å². The third kappa shape index (κ3) is 3.83. The molecule has 104 valence electrons. The Bertz CT molecular complexity index is 494. The molecule has 1 atom stereocenters. The van der Waals surface area contributed by atoms with E-state index in [1.165, 1.54) is 11.1 Å². The first-order chi connectivity index (χ1) is 8.89. The summed E-state index contributed by atoms with van der Waals surface area (Å²) in [5, 5.41) is 0. The van der Waals surface area contributed by atoms with Crippen LogP contribution in [-0.2, 0) is 6.42 Å². The van der Waals surface area contributed by atoms with Gasteiger partial charge >= 0.3 is 0 Å². The molecule has 1 aliphatic carbocycles. The first kappa shape index (κ1) is 14.6. The molecule has 1 aromatic carbocycles. The molecule has 0 bridgehead atoms. The van der Waals surface area contributed by atoms with Crippen LogP contribution in [0, 0.1) is 5.41 Å². The Labute approximate surface area is 124 Å². The Balaban J connectivity index is 2.23. The van der Waals surface area contributed by atoms with Gasteiger partial charge in [-0.1, -0.05) is 41.4 Å². The number of allylic oxidation sites excluding steroid dienone is 1. The van der Waals surface area contributed by atoms with Gasteiger partial charge in [-0.2, -0.15) is 0 Å². The predicted molar refractivity (Wildman–Crippen MR) is 83.5 cm³/mol. The molecule has 0 heterocycles. The number of ether oxygens (including phenoxy) is 1. The molecule has 3 heteroatoms. The number of hydrogen-bond acceptors (Lipinski definition) is 2. The lowest BCUT2D eigenvalue weighted by atomic mass is 9.74. The van der Waals surface area contributed by atoms with Crippen molar-refractivity contribution in [1.29, 1.82) is 0 Å². The van der Waals surface area contributed by atoms with Crippen LogP contribution in [0.15, 0.2) is 34.3 Å². The molecule has 2 N–H and O–H groups in total. The number of methoxy groups -OCH3 is 1. The lowest BCUT2D eigenvalue weighted by molar-refractivity contribution is 0.299. The van der Waals surface area contributed by atoms with E-state index >= 15 is 0 Å². The normalized spacial score (nSPS) is 21.9. The molecule has 1 unspecified atom stereocenters. The second kappa shape index (κ2) is 5.68. The summed E-state index contributed by atoms with van der Waals surface area (Å²) in [6, 6.07) is 6.32. The van der Waals surface area contributed by atoms with E-state index in [2.05, 4.69) is 41.9 Å². The van der Waals surface area contributed by atoms with Crippen LogP contribution in [0.25, 0.3) is 0 Å². The SMILES string of the molecule is COc1ccc(Br)cc1CC1=CC(N)CC(C)(C)C1. The van der Waals surface area contributed by atoms with Crippen molar-refractivity contribution in [1.82, 2.24) is 0 Å². The number of benzene rings is 1. The summed E-state index contributed by atoms with van der Waals surface area (Å²) in [6.07, 6.45) is 5.31. The Morgan fingerprint density at radius 2 is 2.16 bits per heavy atom.